The molecule has 0 saturated carbocycles. The maximum Gasteiger partial charge on any atom is 0.195 e. The zero-order chi connectivity index (χ0) is 20.8. The predicted molar refractivity (Wildman–Crippen MR) is 123 cm³/mol. The number of nitrogens with one attached hydrogen (secondary N) is 1. The van der Waals surface area contributed by atoms with Crippen LogP contribution in [0.3, 0.4) is 0 Å². The highest BCUT2D eigenvalue weighted by molar-refractivity contribution is 9.10. The van der Waals surface area contributed by atoms with Crippen molar-refractivity contribution in [1.29, 1.82) is 0 Å². The lowest BCUT2D eigenvalue weighted by atomic mass is 10.1. The van der Waals surface area contributed by atoms with E-state index >= 15 is 0 Å². The van der Waals surface area contributed by atoms with Gasteiger partial charge in [-0.15, -0.1) is 0 Å². The standard InChI is InChI=1S/C22H25BrN4O2S/c23-19-6-2-7-20(15-19)29-16-17-4-1-5-18(14-17)21-24-25-22(30)27(21)9-3-8-26-10-12-28-13-11-26/h1-2,4-7,14-15H,3,8-13,16H2,(H,25,30). The van der Waals surface area contributed by atoms with Gasteiger partial charge in [0.25, 0.3) is 0 Å². The van der Waals surface area contributed by atoms with Gasteiger partial charge in [0.2, 0.25) is 0 Å². The smallest absolute Gasteiger partial charge is 0.195 e. The van der Waals surface area contributed by atoms with Crippen LogP contribution in [-0.4, -0.2) is 52.5 Å². The number of ether oxygens (including phenoxy) is 2. The molecule has 0 atom stereocenters. The van der Waals surface area contributed by atoms with Gasteiger partial charge in [-0.05, 0) is 48.5 Å². The molecule has 0 radical (unpaired) electrons. The lowest BCUT2D eigenvalue weighted by molar-refractivity contribution is 0.0369. The van der Waals surface area contributed by atoms with Gasteiger partial charge < -0.3 is 14.0 Å². The van der Waals surface area contributed by atoms with Gasteiger partial charge in [0.15, 0.2) is 10.6 Å². The highest BCUT2D eigenvalue weighted by atomic mass is 79.9. The van der Waals surface area contributed by atoms with Gasteiger partial charge in [0.1, 0.15) is 12.4 Å². The lowest BCUT2D eigenvalue weighted by Gasteiger charge is -2.26. The molecule has 158 valence electrons. The Morgan fingerprint density at radius 3 is 2.77 bits per heavy atom. The van der Waals surface area contributed by atoms with Crippen LogP contribution in [0.2, 0.25) is 0 Å². The second-order valence-corrected chi connectivity index (χ2v) is 8.56. The van der Waals surface area contributed by atoms with Crippen LogP contribution in [0.5, 0.6) is 5.75 Å². The summed E-state index contributed by atoms with van der Waals surface area (Å²) in [6, 6.07) is 16.1. The number of benzene rings is 2. The van der Waals surface area contributed by atoms with Gasteiger partial charge in [0.05, 0.1) is 13.2 Å². The first-order valence-corrected chi connectivity index (χ1v) is 11.3. The van der Waals surface area contributed by atoms with E-state index < -0.39 is 0 Å². The molecule has 0 aliphatic carbocycles. The fourth-order valence-electron chi connectivity index (χ4n) is 3.55. The van der Waals surface area contributed by atoms with Gasteiger partial charge in [-0.1, -0.05) is 40.2 Å². The van der Waals surface area contributed by atoms with E-state index in [1.54, 1.807) is 0 Å². The molecule has 0 unspecified atom stereocenters. The second kappa shape index (κ2) is 10.3. The second-order valence-electron chi connectivity index (χ2n) is 7.26. The summed E-state index contributed by atoms with van der Waals surface area (Å²) in [7, 11) is 0. The van der Waals surface area contributed by atoms with E-state index in [4.69, 9.17) is 21.7 Å². The topological polar surface area (TPSA) is 55.3 Å². The van der Waals surface area contributed by atoms with Gasteiger partial charge in [-0.3, -0.25) is 10.00 Å². The number of hydrogen-bond acceptors (Lipinski definition) is 5. The van der Waals surface area contributed by atoms with Crippen molar-refractivity contribution in [3.63, 3.8) is 0 Å². The van der Waals surface area contributed by atoms with Crippen molar-refractivity contribution in [3.05, 3.63) is 63.3 Å². The number of rotatable bonds is 8. The molecule has 3 aromatic rings. The molecule has 1 aliphatic heterocycles. The molecule has 1 aliphatic rings. The van der Waals surface area contributed by atoms with E-state index in [2.05, 4.69) is 53.8 Å². The molecule has 1 fully saturated rings. The zero-order valence-corrected chi connectivity index (χ0v) is 19.1. The van der Waals surface area contributed by atoms with Crippen LogP contribution >= 0.6 is 28.1 Å². The number of morpholine rings is 1. The Morgan fingerprint density at radius 1 is 1.10 bits per heavy atom. The van der Waals surface area contributed by atoms with Crippen LogP contribution < -0.4 is 4.74 Å². The van der Waals surface area contributed by atoms with Crippen molar-refractivity contribution in [3.8, 4) is 17.1 Å². The third-order valence-corrected chi connectivity index (χ3v) is 5.91. The maximum atomic E-state index is 5.93. The summed E-state index contributed by atoms with van der Waals surface area (Å²) in [5.74, 6) is 1.70. The average Bonchev–Trinajstić information content (AvgIpc) is 3.14. The van der Waals surface area contributed by atoms with Crippen molar-refractivity contribution < 1.29 is 9.47 Å². The summed E-state index contributed by atoms with van der Waals surface area (Å²) in [6.07, 6.45) is 1.02. The van der Waals surface area contributed by atoms with Crippen molar-refractivity contribution in [2.45, 2.75) is 19.6 Å². The largest absolute Gasteiger partial charge is 0.489 e. The van der Waals surface area contributed by atoms with Crippen molar-refractivity contribution in [2.24, 2.45) is 0 Å². The first-order chi connectivity index (χ1) is 14.7. The molecular formula is C22H25BrN4O2S. The molecule has 0 bridgehead atoms. The Balaban J connectivity index is 1.42. The summed E-state index contributed by atoms with van der Waals surface area (Å²) in [5, 5.41) is 7.44. The molecule has 1 saturated heterocycles. The molecule has 1 N–H and O–H groups in total. The Morgan fingerprint density at radius 2 is 1.93 bits per heavy atom. The molecule has 1 aromatic heterocycles. The van der Waals surface area contributed by atoms with Crippen molar-refractivity contribution in [1.82, 2.24) is 19.7 Å². The number of nitrogens with zero attached hydrogens (tertiary/aromatic N) is 3. The van der Waals surface area contributed by atoms with E-state index in [1.165, 1.54) is 0 Å². The van der Waals surface area contributed by atoms with Crippen LogP contribution in [0.15, 0.2) is 53.0 Å². The quantitative estimate of drug-likeness (QED) is 0.466. The Bertz CT molecular complexity index is 1030. The molecule has 6 nitrogen and oxygen atoms in total. The predicted octanol–water partition coefficient (Wildman–Crippen LogP) is 4.67. The van der Waals surface area contributed by atoms with Crippen LogP contribution in [0.4, 0.5) is 0 Å². The maximum absolute atomic E-state index is 5.93. The molecule has 4 rings (SSSR count). The van der Waals surface area contributed by atoms with E-state index in [1.807, 2.05) is 30.3 Å². The van der Waals surface area contributed by atoms with Crippen LogP contribution in [0.25, 0.3) is 11.4 Å². The number of H-pyrrole nitrogens is 1. The summed E-state index contributed by atoms with van der Waals surface area (Å²) in [6.45, 7) is 6.02. The van der Waals surface area contributed by atoms with Gasteiger partial charge >= 0.3 is 0 Å². The summed E-state index contributed by atoms with van der Waals surface area (Å²) >= 11 is 8.96. The number of halogens is 1. The summed E-state index contributed by atoms with van der Waals surface area (Å²) in [4.78, 5) is 2.44. The monoisotopic (exact) mass is 488 g/mol. The molecular weight excluding hydrogens is 464 g/mol. The van der Waals surface area contributed by atoms with Gasteiger partial charge in [-0.25, -0.2) is 0 Å². The average molecular weight is 489 g/mol. The van der Waals surface area contributed by atoms with Crippen LogP contribution in [0.1, 0.15) is 12.0 Å². The van der Waals surface area contributed by atoms with E-state index in [-0.39, 0.29) is 0 Å². The minimum atomic E-state index is 0.493. The fraction of sp³-hybridized carbons (Fsp3) is 0.364. The highest BCUT2D eigenvalue weighted by Crippen LogP contribution is 2.22. The normalized spacial score (nSPS) is 14.7. The zero-order valence-electron chi connectivity index (χ0n) is 16.7. The number of aromatic amines is 1. The highest BCUT2D eigenvalue weighted by Gasteiger charge is 2.12. The molecule has 0 spiro atoms. The van der Waals surface area contributed by atoms with E-state index in [0.29, 0.717) is 11.4 Å². The Kier molecular flexibility index (Phi) is 7.33. The molecule has 8 heteroatoms. The van der Waals surface area contributed by atoms with Gasteiger partial charge in [0, 0.05) is 36.2 Å². The first-order valence-electron chi connectivity index (χ1n) is 10.1. The number of hydrogen-bond donors (Lipinski definition) is 1. The van der Waals surface area contributed by atoms with Crippen LogP contribution in [0, 0.1) is 4.77 Å². The van der Waals surface area contributed by atoms with Crippen LogP contribution in [-0.2, 0) is 17.9 Å². The fourth-order valence-corrected chi connectivity index (χ4v) is 4.15. The lowest BCUT2D eigenvalue weighted by Crippen LogP contribution is -2.37. The molecule has 0 amide bonds. The van der Waals surface area contributed by atoms with Gasteiger partial charge in [-0.2, -0.15) is 5.10 Å². The first kappa shape index (κ1) is 21.2. The Hall–Kier alpha value is -2.00. The SMILES string of the molecule is S=c1[nH]nc(-c2cccc(COc3cccc(Br)c3)c2)n1CCCN1CCOCC1. The van der Waals surface area contributed by atoms with E-state index in [0.717, 1.165) is 73.0 Å². The summed E-state index contributed by atoms with van der Waals surface area (Å²) in [5.41, 5.74) is 2.12. The van der Waals surface area contributed by atoms with E-state index in [9.17, 15) is 0 Å². The summed E-state index contributed by atoms with van der Waals surface area (Å²) < 4.78 is 15.1. The third-order valence-electron chi connectivity index (χ3n) is 5.10. The minimum absolute atomic E-state index is 0.493. The van der Waals surface area contributed by atoms with Crippen molar-refractivity contribution in [2.75, 3.05) is 32.8 Å². The van der Waals surface area contributed by atoms with Crippen molar-refractivity contribution >= 4 is 28.1 Å². The molecule has 30 heavy (non-hydrogen) atoms. The molecule has 2 aromatic carbocycles. The minimum Gasteiger partial charge on any atom is -0.489 e. The third kappa shape index (κ3) is 5.57. The Labute approximate surface area is 189 Å². The number of aromatic nitrogens is 3. The molecule has 2 heterocycles.